The summed E-state index contributed by atoms with van der Waals surface area (Å²) in [7, 11) is 0. The van der Waals surface area contributed by atoms with Crippen molar-refractivity contribution in [3.63, 3.8) is 0 Å². The van der Waals surface area contributed by atoms with Gasteiger partial charge in [-0.15, -0.1) is 0 Å². The van der Waals surface area contributed by atoms with E-state index in [9.17, 15) is 28.2 Å². The molecule has 2 aromatic carbocycles. The number of carboxylic acids is 1. The van der Waals surface area contributed by atoms with Crippen LogP contribution in [0.4, 0.5) is 13.2 Å². The van der Waals surface area contributed by atoms with E-state index in [-0.39, 0.29) is 12.1 Å². The van der Waals surface area contributed by atoms with E-state index in [1.807, 2.05) is 37.3 Å². The standard InChI is InChI=1S/C26H25F3N2O3/c1-17-19(5-3-7-22(17)21-6-4-12-30-15-21)9-10-20-13-18(8-11-23(20)26(27,28)29)14-31-25(2,16-32)24(33)34/h3-13,15,31-32H,14,16H2,1-2H3,(H,33,34)/b10-9+. The number of alkyl halides is 3. The van der Waals surface area contributed by atoms with Crippen LogP contribution in [0.1, 0.15) is 34.7 Å². The Balaban J connectivity index is 1.95. The molecule has 0 radical (unpaired) electrons. The van der Waals surface area contributed by atoms with Gasteiger partial charge in [0.05, 0.1) is 12.2 Å². The fourth-order valence-corrected chi connectivity index (χ4v) is 3.46. The SMILES string of the molecule is Cc1c(/C=C/c2cc(CNC(C)(CO)C(=O)O)ccc2C(F)(F)F)cccc1-c1cccnc1. The second kappa shape index (κ2) is 10.2. The third-order valence-electron chi connectivity index (χ3n) is 5.68. The van der Waals surface area contributed by atoms with Gasteiger partial charge in [0.25, 0.3) is 0 Å². The van der Waals surface area contributed by atoms with Gasteiger partial charge in [0, 0.05) is 24.5 Å². The number of aliphatic carboxylic acids is 1. The first-order valence-electron chi connectivity index (χ1n) is 10.5. The van der Waals surface area contributed by atoms with Crippen LogP contribution in [-0.2, 0) is 17.5 Å². The normalized spacial score (nSPS) is 13.7. The van der Waals surface area contributed by atoms with Crippen LogP contribution in [0.15, 0.2) is 60.9 Å². The maximum atomic E-state index is 13.6. The second-order valence-corrected chi connectivity index (χ2v) is 8.16. The van der Waals surface area contributed by atoms with E-state index in [0.29, 0.717) is 5.56 Å². The van der Waals surface area contributed by atoms with E-state index in [0.717, 1.165) is 28.3 Å². The van der Waals surface area contributed by atoms with Crippen LogP contribution in [0.2, 0.25) is 0 Å². The van der Waals surface area contributed by atoms with Gasteiger partial charge in [0.2, 0.25) is 0 Å². The highest BCUT2D eigenvalue weighted by atomic mass is 19.4. The van der Waals surface area contributed by atoms with Crippen molar-refractivity contribution in [1.29, 1.82) is 0 Å². The molecule has 178 valence electrons. The number of nitrogens with one attached hydrogen (secondary N) is 1. The molecule has 0 saturated carbocycles. The van der Waals surface area contributed by atoms with Crippen LogP contribution >= 0.6 is 0 Å². The second-order valence-electron chi connectivity index (χ2n) is 8.16. The number of carbonyl (C=O) groups is 1. The molecular weight excluding hydrogens is 445 g/mol. The maximum Gasteiger partial charge on any atom is 0.416 e. The molecule has 3 aromatic rings. The third-order valence-corrected chi connectivity index (χ3v) is 5.68. The van der Waals surface area contributed by atoms with Gasteiger partial charge in [-0.05, 0) is 59.9 Å². The van der Waals surface area contributed by atoms with Gasteiger partial charge in [0.1, 0.15) is 5.54 Å². The van der Waals surface area contributed by atoms with Crippen molar-refractivity contribution in [1.82, 2.24) is 10.3 Å². The summed E-state index contributed by atoms with van der Waals surface area (Å²) in [4.78, 5) is 15.5. The zero-order valence-corrected chi connectivity index (χ0v) is 18.7. The Morgan fingerprint density at radius 3 is 2.44 bits per heavy atom. The average molecular weight is 470 g/mol. The Kier molecular flexibility index (Phi) is 7.54. The largest absolute Gasteiger partial charge is 0.480 e. The summed E-state index contributed by atoms with van der Waals surface area (Å²) in [6.45, 7) is 2.51. The fraction of sp³-hybridized carbons (Fsp3) is 0.231. The molecule has 34 heavy (non-hydrogen) atoms. The van der Waals surface area contributed by atoms with Crippen molar-refractivity contribution in [2.75, 3.05) is 6.61 Å². The molecule has 0 amide bonds. The lowest BCUT2D eigenvalue weighted by molar-refractivity contribution is -0.146. The minimum absolute atomic E-state index is 0.0299. The molecule has 5 nitrogen and oxygen atoms in total. The number of carboxylic acid groups (broad SMARTS) is 1. The van der Waals surface area contributed by atoms with Gasteiger partial charge in [-0.2, -0.15) is 13.2 Å². The molecule has 3 rings (SSSR count). The van der Waals surface area contributed by atoms with Gasteiger partial charge >= 0.3 is 12.1 Å². The van der Waals surface area contributed by atoms with Crippen LogP contribution in [0.25, 0.3) is 23.3 Å². The summed E-state index contributed by atoms with van der Waals surface area (Å²) in [5, 5.41) is 21.3. The molecule has 1 unspecified atom stereocenters. The van der Waals surface area contributed by atoms with E-state index >= 15 is 0 Å². The number of rotatable bonds is 8. The zero-order chi connectivity index (χ0) is 24.9. The molecule has 8 heteroatoms. The molecule has 1 atom stereocenters. The summed E-state index contributed by atoms with van der Waals surface area (Å²) in [5.41, 5.74) is 1.51. The molecule has 0 aliphatic rings. The van der Waals surface area contributed by atoms with Crippen molar-refractivity contribution in [2.24, 2.45) is 0 Å². The zero-order valence-electron chi connectivity index (χ0n) is 18.7. The molecule has 0 bridgehead atoms. The summed E-state index contributed by atoms with van der Waals surface area (Å²) in [6, 6.07) is 13.0. The topological polar surface area (TPSA) is 82.5 Å². The lowest BCUT2D eigenvalue weighted by atomic mass is 9.96. The molecule has 0 fully saturated rings. The number of pyridine rings is 1. The van der Waals surface area contributed by atoms with Crippen LogP contribution in [-0.4, -0.2) is 33.3 Å². The minimum atomic E-state index is -4.56. The molecule has 1 aromatic heterocycles. The minimum Gasteiger partial charge on any atom is -0.480 e. The van der Waals surface area contributed by atoms with E-state index in [4.69, 9.17) is 0 Å². The summed E-state index contributed by atoms with van der Waals surface area (Å²) >= 11 is 0. The van der Waals surface area contributed by atoms with Crippen LogP contribution < -0.4 is 5.32 Å². The van der Waals surface area contributed by atoms with Gasteiger partial charge in [-0.1, -0.05) is 42.5 Å². The van der Waals surface area contributed by atoms with Gasteiger partial charge in [-0.25, -0.2) is 0 Å². The summed E-state index contributed by atoms with van der Waals surface area (Å²) < 4.78 is 40.9. The molecule has 3 N–H and O–H groups in total. The van der Waals surface area contributed by atoms with E-state index in [1.165, 1.54) is 25.1 Å². The maximum absolute atomic E-state index is 13.6. The molecule has 1 heterocycles. The highest BCUT2D eigenvalue weighted by molar-refractivity contribution is 5.79. The Morgan fingerprint density at radius 1 is 1.09 bits per heavy atom. The molecular formula is C26H25F3N2O3. The summed E-state index contributed by atoms with van der Waals surface area (Å²) in [5.74, 6) is -1.26. The van der Waals surface area contributed by atoms with Gasteiger partial charge in [-0.3, -0.25) is 15.1 Å². The number of aliphatic hydroxyl groups excluding tert-OH is 1. The van der Waals surface area contributed by atoms with E-state index < -0.39 is 29.9 Å². The van der Waals surface area contributed by atoms with Crippen molar-refractivity contribution in [3.8, 4) is 11.1 Å². The number of benzene rings is 2. The van der Waals surface area contributed by atoms with Crippen LogP contribution in [0.3, 0.4) is 0 Å². The van der Waals surface area contributed by atoms with Crippen molar-refractivity contribution in [3.05, 3.63) is 88.7 Å². The highest BCUT2D eigenvalue weighted by Crippen LogP contribution is 2.34. The number of hydrogen-bond donors (Lipinski definition) is 3. The lowest BCUT2D eigenvalue weighted by Crippen LogP contribution is -2.52. The smallest absolute Gasteiger partial charge is 0.416 e. The molecule has 0 aliphatic carbocycles. The number of hydrogen-bond acceptors (Lipinski definition) is 4. The monoisotopic (exact) mass is 470 g/mol. The van der Waals surface area contributed by atoms with Crippen molar-refractivity contribution < 1.29 is 28.2 Å². The third kappa shape index (κ3) is 5.70. The fourth-order valence-electron chi connectivity index (χ4n) is 3.46. The Morgan fingerprint density at radius 2 is 1.82 bits per heavy atom. The van der Waals surface area contributed by atoms with Crippen LogP contribution in [0.5, 0.6) is 0 Å². The summed E-state index contributed by atoms with van der Waals surface area (Å²) in [6.07, 6.45) is 1.88. The average Bonchev–Trinajstić information content (AvgIpc) is 2.81. The van der Waals surface area contributed by atoms with E-state index in [2.05, 4.69) is 10.3 Å². The van der Waals surface area contributed by atoms with Crippen molar-refractivity contribution >= 4 is 18.1 Å². The Hall–Kier alpha value is -3.49. The van der Waals surface area contributed by atoms with Crippen molar-refractivity contribution in [2.45, 2.75) is 32.1 Å². The first-order chi connectivity index (χ1) is 16.0. The number of nitrogens with zero attached hydrogens (tertiary/aromatic N) is 1. The predicted molar refractivity (Wildman–Crippen MR) is 125 cm³/mol. The van der Waals surface area contributed by atoms with Gasteiger partial charge < -0.3 is 10.2 Å². The first-order valence-corrected chi connectivity index (χ1v) is 10.5. The van der Waals surface area contributed by atoms with E-state index in [1.54, 1.807) is 18.5 Å². The molecule has 0 aliphatic heterocycles. The first kappa shape index (κ1) is 25.1. The molecule has 0 spiro atoms. The number of aromatic nitrogens is 1. The molecule has 0 saturated heterocycles. The lowest BCUT2D eigenvalue weighted by Gasteiger charge is -2.24. The predicted octanol–water partition coefficient (Wildman–Crippen LogP) is 5.17. The highest BCUT2D eigenvalue weighted by Gasteiger charge is 2.34. The number of halogens is 3. The Labute approximate surface area is 195 Å². The number of aliphatic hydroxyl groups is 1. The Bertz CT molecular complexity index is 1190. The van der Waals surface area contributed by atoms with Crippen LogP contribution in [0, 0.1) is 6.92 Å². The van der Waals surface area contributed by atoms with Gasteiger partial charge in [0.15, 0.2) is 0 Å². The quantitative estimate of drug-likeness (QED) is 0.396.